The molecule has 0 aromatic rings. The van der Waals surface area contributed by atoms with E-state index in [9.17, 15) is 4.79 Å². The Labute approximate surface area is 86.3 Å². The summed E-state index contributed by atoms with van der Waals surface area (Å²) in [6.07, 6.45) is 8.41. The van der Waals surface area contributed by atoms with Crippen LogP contribution in [0.2, 0.25) is 0 Å². The molecule has 0 aromatic heterocycles. The fraction of sp³-hybridized carbons (Fsp3) is 0.583. The Morgan fingerprint density at radius 2 is 1.64 bits per heavy atom. The molecule has 0 spiro atoms. The molecule has 0 heterocycles. The normalized spacial score (nSPS) is 13.1. The van der Waals surface area contributed by atoms with E-state index >= 15 is 0 Å². The second-order valence-corrected chi connectivity index (χ2v) is 3.53. The van der Waals surface area contributed by atoms with Crippen LogP contribution in [0.15, 0.2) is 23.3 Å². The Morgan fingerprint density at radius 1 is 1.07 bits per heavy atom. The zero-order chi connectivity index (χ0) is 10.8. The van der Waals surface area contributed by atoms with Crippen LogP contribution in [0.3, 0.4) is 0 Å². The molecule has 0 aliphatic rings. The fourth-order valence-electron chi connectivity index (χ4n) is 1.19. The van der Waals surface area contributed by atoms with E-state index in [2.05, 4.69) is 13.0 Å². The molecule has 0 atom stereocenters. The van der Waals surface area contributed by atoms with Gasteiger partial charge < -0.3 is 9.90 Å². The number of allylic oxidation sites excluding steroid dienone is 3. The molecular formula is C12H20O2. The van der Waals surface area contributed by atoms with Crippen molar-refractivity contribution in [2.24, 2.45) is 0 Å². The van der Waals surface area contributed by atoms with E-state index in [0.29, 0.717) is 6.42 Å². The predicted octanol–water partition coefficient (Wildman–Crippen LogP) is 2.63. The molecule has 0 rings (SSSR count). The first kappa shape index (κ1) is 13.1. The molecule has 0 saturated carbocycles. The van der Waals surface area contributed by atoms with Crippen molar-refractivity contribution in [3.63, 3.8) is 0 Å². The molecule has 0 aliphatic heterocycles. The quantitative estimate of drug-likeness (QED) is 0.502. The molecule has 0 bridgehead atoms. The molecule has 14 heavy (non-hydrogen) atoms. The molecule has 2 heteroatoms. The third kappa shape index (κ3) is 7.74. The van der Waals surface area contributed by atoms with Gasteiger partial charge in [0.25, 0.3) is 0 Å². The summed E-state index contributed by atoms with van der Waals surface area (Å²) < 4.78 is 0. The van der Waals surface area contributed by atoms with Gasteiger partial charge in [-0.1, -0.05) is 23.3 Å². The van der Waals surface area contributed by atoms with Crippen LogP contribution >= 0.6 is 0 Å². The van der Waals surface area contributed by atoms with Gasteiger partial charge in [0.1, 0.15) is 6.29 Å². The Balaban J connectivity index is 3.69. The van der Waals surface area contributed by atoms with Gasteiger partial charge in [0, 0.05) is 6.42 Å². The van der Waals surface area contributed by atoms with Gasteiger partial charge in [0.15, 0.2) is 0 Å². The summed E-state index contributed by atoms with van der Waals surface area (Å²) >= 11 is 0. The molecule has 80 valence electrons. The lowest BCUT2D eigenvalue weighted by atomic mass is 10.1. The SMILES string of the molecule is C/C(=C/CC/C(C)=C/CO)CCC=O. The van der Waals surface area contributed by atoms with Crippen molar-refractivity contribution >= 4 is 6.29 Å². The number of aldehydes is 1. The Kier molecular flexibility index (Phi) is 8.14. The van der Waals surface area contributed by atoms with Crippen molar-refractivity contribution in [3.05, 3.63) is 23.3 Å². The summed E-state index contributed by atoms with van der Waals surface area (Å²) in [5, 5.41) is 8.63. The molecule has 0 aromatic carbocycles. The summed E-state index contributed by atoms with van der Waals surface area (Å²) in [6, 6.07) is 0. The topological polar surface area (TPSA) is 37.3 Å². The van der Waals surface area contributed by atoms with Gasteiger partial charge in [-0.25, -0.2) is 0 Å². The zero-order valence-corrected chi connectivity index (χ0v) is 9.12. The average Bonchev–Trinajstić information content (AvgIpc) is 2.15. The number of aliphatic hydroxyl groups is 1. The molecular weight excluding hydrogens is 176 g/mol. The lowest BCUT2D eigenvalue weighted by Crippen LogP contribution is -1.83. The monoisotopic (exact) mass is 196 g/mol. The minimum absolute atomic E-state index is 0.125. The van der Waals surface area contributed by atoms with E-state index in [1.807, 2.05) is 13.0 Å². The van der Waals surface area contributed by atoms with Crippen molar-refractivity contribution < 1.29 is 9.90 Å². The highest BCUT2D eigenvalue weighted by atomic mass is 16.2. The first-order valence-electron chi connectivity index (χ1n) is 5.06. The summed E-state index contributed by atoms with van der Waals surface area (Å²) in [7, 11) is 0. The number of aliphatic hydroxyl groups excluding tert-OH is 1. The highest BCUT2D eigenvalue weighted by Crippen LogP contribution is 2.09. The lowest BCUT2D eigenvalue weighted by Gasteiger charge is -1.99. The summed E-state index contributed by atoms with van der Waals surface area (Å²) in [5.74, 6) is 0. The largest absolute Gasteiger partial charge is 0.392 e. The van der Waals surface area contributed by atoms with E-state index in [0.717, 1.165) is 25.5 Å². The second kappa shape index (κ2) is 8.70. The second-order valence-electron chi connectivity index (χ2n) is 3.53. The van der Waals surface area contributed by atoms with Gasteiger partial charge in [-0.15, -0.1) is 0 Å². The number of hydrogen-bond acceptors (Lipinski definition) is 2. The van der Waals surface area contributed by atoms with E-state index in [4.69, 9.17) is 5.11 Å². The van der Waals surface area contributed by atoms with Gasteiger partial charge in [-0.2, -0.15) is 0 Å². The van der Waals surface area contributed by atoms with E-state index in [1.165, 1.54) is 11.1 Å². The summed E-state index contributed by atoms with van der Waals surface area (Å²) in [6.45, 7) is 4.19. The standard InChI is InChI=1S/C12H20O2/c1-11(7-4-9-13)5-3-6-12(2)8-10-14/h5,8-9,14H,3-4,6-7,10H2,1-2H3/b11-5-,12-8+. The Hall–Kier alpha value is -0.890. The fourth-order valence-corrected chi connectivity index (χ4v) is 1.19. The van der Waals surface area contributed by atoms with Crippen LogP contribution in [0.25, 0.3) is 0 Å². The van der Waals surface area contributed by atoms with Gasteiger partial charge >= 0.3 is 0 Å². The minimum atomic E-state index is 0.125. The minimum Gasteiger partial charge on any atom is -0.392 e. The lowest BCUT2D eigenvalue weighted by molar-refractivity contribution is -0.107. The highest BCUT2D eigenvalue weighted by molar-refractivity contribution is 5.49. The maximum absolute atomic E-state index is 10.1. The molecule has 0 saturated heterocycles. The molecule has 2 nitrogen and oxygen atoms in total. The first-order valence-corrected chi connectivity index (χ1v) is 5.06. The predicted molar refractivity (Wildman–Crippen MR) is 59.1 cm³/mol. The maximum Gasteiger partial charge on any atom is 0.120 e. The smallest absolute Gasteiger partial charge is 0.120 e. The molecule has 0 amide bonds. The van der Waals surface area contributed by atoms with E-state index in [-0.39, 0.29) is 6.61 Å². The van der Waals surface area contributed by atoms with Gasteiger partial charge in [0.05, 0.1) is 6.61 Å². The molecule has 0 radical (unpaired) electrons. The number of carbonyl (C=O) groups excluding carboxylic acids is 1. The van der Waals surface area contributed by atoms with Gasteiger partial charge in [0.2, 0.25) is 0 Å². The Bertz CT molecular complexity index is 214. The highest BCUT2D eigenvalue weighted by Gasteiger charge is 1.91. The first-order chi connectivity index (χ1) is 6.70. The third-order valence-corrected chi connectivity index (χ3v) is 2.13. The average molecular weight is 196 g/mol. The van der Waals surface area contributed by atoms with Crippen LogP contribution in [0.5, 0.6) is 0 Å². The Morgan fingerprint density at radius 3 is 2.21 bits per heavy atom. The van der Waals surface area contributed by atoms with Crippen molar-refractivity contribution in [1.82, 2.24) is 0 Å². The van der Waals surface area contributed by atoms with Crippen LogP contribution in [0.1, 0.15) is 39.5 Å². The van der Waals surface area contributed by atoms with Gasteiger partial charge in [-0.3, -0.25) is 0 Å². The molecule has 0 aliphatic carbocycles. The van der Waals surface area contributed by atoms with Crippen LogP contribution in [-0.2, 0) is 4.79 Å². The third-order valence-electron chi connectivity index (χ3n) is 2.13. The molecule has 1 N–H and O–H groups in total. The van der Waals surface area contributed by atoms with Crippen LogP contribution in [-0.4, -0.2) is 18.0 Å². The van der Waals surface area contributed by atoms with Crippen LogP contribution in [0.4, 0.5) is 0 Å². The number of rotatable bonds is 7. The maximum atomic E-state index is 10.1. The number of carbonyl (C=O) groups is 1. The summed E-state index contributed by atoms with van der Waals surface area (Å²) in [5.41, 5.74) is 2.49. The summed E-state index contributed by atoms with van der Waals surface area (Å²) in [4.78, 5) is 10.1. The molecule has 0 unspecified atom stereocenters. The zero-order valence-electron chi connectivity index (χ0n) is 9.12. The number of hydrogen-bond donors (Lipinski definition) is 1. The van der Waals surface area contributed by atoms with Crippen molar-refractivity contribution in [3.8, 4) is 0 Å². The van der Waals surface area contributed by atoms with Crippen LogP contribution < -0.4 is 0 Å². The van der Waals surface area contributed by atoms with Crippen molar-refractivity contribution in [2.45, 2.75) is 39.5 Å². The van der Waals surface area contributed by atoms with Crippen LogP contribution in [0, 0.1) is 0 Å². The molecule has 0 fully saturated rings. The van der Waals surface area contributed by atoms with Crippen molar-refractivity contribution in [2.75, 3.05) is 6.61 Å². The van der Waals surface area contributed by atoms with E-state index < -0.39 is 0 Å². The van der Waals surface area contributed by atoms with Crippen molar-refractivity contribution in [1.29, 1.82) is 0 Å². The van der Waals surface area contributed by atoms with Gasteiger partial charge in [-0.05, 0) is 33.1 Å². The van der Waals surface area contributed by atoms with E-state index in [1.54, 1.807) is 0 Å².